The molecule has 1 aromatic carbocycles. The average Bonchev–Trinajstić information content (AvgIpc) is 2.59. The van der Waals surface area contributed by atoms with E-state index in [1.54, 1.807) is 4.90 Å². The van der Waals surface area contributed by atoms with Gasteiger partial charge in [-0.1, -0.05) is 30.3 Å². The molecule has 2 amide bonds. The maximum atomic E-state index is 13.0. The van der Waals surface area contributed by atoms with Crippen molar-refractivity contribution in [2.24, 2.45) is 5.92 Å². The van der Waals surface area contributed by atoms with Gasteiger partial charge in [0.05, 0.1) is 5.92 Å². The number of aliphatic carboxylic acids is 1. The lowest BCUT2D eigenvalue weighted by Crippen LogP contribution is -2.55. The number of ether oxygens (including phenoxy) is 1. The normalized spacial score (nSPS) is 22.8. The molecule has 0 bridgehead atoms. The first-order chi connectivity index (χ1) is 14.0. The van der Waals surface area contributed by atoms with Crippen LogP contribution in [-0.4, -0.2) is 51.7 Å². The Balaban J connectivity index is 1.97. The summed E-state index contributed by atoms with van der Waals surface area (Å²) >= 11 is 0. The molecule has 0 radical (unpaired) electrons. The van der Waals surface area contributed by atoms with Crippen molar-refractivity contribution in [2.45, 2.75) is 84.0 Å². The minimum Gasteiger partial charge on any atom is -0.481 e. The van der Waals surface area contributed by atoms with Crippen LogP contribution >= 0.6 is 0 Å². The van der Waals surface area contributed by atoms with Crippen LogP contribution in [0.5, 0.6) is 0 Å². The Kier molecular flexibility index (Phi) is 7.87. The van der Waals surface area contributed by atoms with Crippen molar-refractivity contribution in [3.05, 3.63) is 35.9 Å². The summed E-state index contributed by atoms with van der Waals surface area (Å²) in [5, 5.41) is 12.5. The number of hydrogen-bond donors (Lipinski definition) is 2. The molecule has 2 N–H and O–H groups in total. The molecule has 0 saturated carbocycles. The van der Waals surface area contributed by atoms with Gasteiger partial charge >= 0.3 is 12.1 Å². The molecular formula is C23H34N2O5. The summed E-state index contributed by atoms with van der Waals surface area (Å²) in [5.41, 5.74) is 0.335. The molecule has 3 unspecified atom stereocenters. The van der Waals surface area contributed by atoms with Crippen molar-refractivity contribution in [1.29, 1.82) is 0 Å². The highest BCUT2D eigenvalue weighted by Crippen LogP contribution is 2.26. The summed E-state index contributed by atoms with van der Waals surface area (Å²) in [6.07, 6.45) is 1.03. The zero-order valence-electron chi connectivity index (χ0n) is 18.6. The van der Waals surface area contributed by atoms with Gasteiger partial charge in [0.15, 0.2) is 0 Å². The summed E-state index contributed by atoms with van der Waals surface area (Å²) in [6.45, 7) is 9.31. The predicted molar refractivity (Wildman–Crippen MR) is 114 cm³/mol. The smallest absolute Gasteiger partial charge is 0.407 e. The Morgan fingerprint density at radius 1 is 1.13 bits per heavy atom. The number of benzene rings is 1. The Morgan fingerprint density at radius 2 is 1.70 bits per heavy atom. The number of nitrogens with one attached hydrogen (secondary N) is 1. The maximum Gasteiger partial charge on any atom is 0.407 e. The molecule has 1 heterocycles. The fourth-order valence-corrected chi connectivity index (χ4v) is 4.13. The van der Waals surface area contributed by atoms with Crippen LogP contribution in [0.4, 0.5) is 4.79 Å². The second-order valence-corrected chi connectivity index (χ2v) is 9.24. The molecule has 1 aromatic rings. The van der Waals surface area contributed by atoms with Gasteiger partial charge in [-0.15, -0.1) is 0 Å². The quantitative estimate of drug-likeness (QED) is 0.736. The van der Waals surface area contributed by atoms with Crippen molar-refractivity contribution < 1.29 is 24.2 Å². The highest BCUT2D eigenvalue weighted by molar-refractivity contribution is 5.83. The number of carbonyl (C=O) groups excluding carboxylic acids is 2. The Morgan fingerprint density at radius 3 is 2.20 bits per heavy atom. The van der Waals surface area contributed by atoms with Crippen LogP contribution in [0, 0.1) is 5.92 Å². The zero-order valence-corrected chi connectivity index (χ0v) is 18.6. The van der Waals surface area contributed by atoms with E-state index >= 15 is 0 Å². The Bertz CT molecular complexity index is 732. The molecule has 166 valence electrons. The standard InChI is InChI=1S/C23H34N2O5/c1-15-11-19(24-22(29)30-23(3,4)5)12-16(2)25(15)20(26)14-18(21(27)28)13-17-9-7-6-8-10-17/h6-10,15-16,18-19H,11-14H2,1-5H3,(H,24,29)(H,27,28). The molecule has 1 aliphatic rings. The summed E-state index contributed by atoms with van der Waals surface area (Å²) in [4.78, 5) is 38.6. The topological polar surface area (TPSA) is 95.9 Å². The van der Waals surface area contributed by atoms with E-state index in [0.29, 0.717) is 19.3 Å². The van der Waals surface area contributed by atoms with E-state index in [1.807, 2.05) is 65.0 Å². The van der Waals surface area contributed by atoms with Gasteiger partial charge in [-0.2, -0.15) is 0 Å². The van der Waals surface area contributed by atoms with Gasteiger partial charge in [-0.05, 0) is 59.4 Å². The largest absolute Gasteiger partial charge is 0.481 e. The molecule has 1 saturated heterocycles. The molecule has 1 fully saturated rings. The summed E-state index contributed by atoms with van der Waals surface area (Å²) in [7, 11) is 0. The van der Waals surface area contributed by atoms with Crippen molar-refractivity contribution in [1.82, 2.24) is 10.2 Å². The van der Waals surface area contributed by atoms with Crippen LogP contribution in [0.25, 0.3) is 0 Å². The van der Waals surface area contributed by atoms with Crippen molar-refractivity contribution in [2.75, 3.05) is 0 Å². The molecule has 1 aliphatic heterocycles. The van der Waals surface area contributed by atoms with Crippen LogP contribution in [0.2, 0.25) is 0 Å². The lowest BCUT2D eigenvalue weighted by molar-refractivity contribution is -0.148. The molecule has 3 atom stereocenters. The predicted octanol–water partition coefficient (Wildman–Crippen LogP) is 3.61. The van der Waals surface area contributed by atoms with Gasteiger partial charge in [-0.3, -0.25) is 9.59 Å². The summed E-state index contributed by atoms with van der Waals surface area (Å²) in [6, 6.07) is 9.06. The molecule has 0 aliphatic carbocycles. The molecule has 7 nitrogen and oxygen atoms in total. The number of likely N-dealkylation sites (tertiary alicyclic amines) is 1. The Labute approximate surface area is 178 Å². The Hall–Kier alpha value is -2.57. The molecule has 2 rings (SSSR count). The van der Waals surface area contributed by atoms with Gasteiger partial charge in [0.2, 0.25) is 5.91 Å². The number of alkyl carbamates (subject to hydrolysis) is 1. The number of piperidine rings is 1. The van der Waals surface area contributed by atoms with Gasteiger partial charge in [0.25, 0.3) is 0 Å². The first kappa shape index (κ1) is 23.7. The molecule has 0 spiro atoms. The number of nitrogens with zero attached hydrogens (tertiary/aromatic N) is 1. The van der Waals surface area contributed by atoms with Gasteiger partial charge in [0.1, 0.15) is 5.60 Å². The van der Waals surface area contributed by atoms with E-state index in [4.69, 9.17) is 4.74 Å². The minimum atomic E-state index is -0.964. The fraction of sp³-hybridized carbons (Fsp3) is 0.609. The summed E-state index contributed by atoms with van der Waals surface area (Å²) < 4.78 is 5.32. The number of carbonyl (C=O) groups is 3. The number of carboxylic acid groups (broad SMARTS) is 1. The van der Waals surface area contributed by atoms with Crippen molar-refractivity contribution in [3.63, 3.8) is 0 Å². The van der Waals surface area contributed by atoms with Gasteiger partial charge in [0, 0.05) is 24.5 Å². The van der Waals surface area contributed by atoms with Crippen molar-refractivity contribution >= 4 is 18.0 Å². The number of amides is 2. The van der Waals surface area contributed by atoms with E-state index in [2.05, 4.69) is 5.32 Å². The molecule has 7 heteroatoms. The van der Waals surface area contributed by atoms with Crippen LogP contribution < -0.4 is 5.32 Å². The van der Waals surface area contributed by atoms with Crippen LogP contribution in [0.15, 0.2) is 30.3 Å². The highest BCUT2D eigenvalue weighted by Gasteiger charge is 2.36. The van der Waals surface area contributed by atoms with Crippen molar-refractivity contribution in [3.8, 4) is 0 Å². The molecule has 30 heavy (non-hydrogen) atoms. The number of rotatable bonds is 6. The highest BCUT2D eigenvalue weighted by atomic mass is 16.6. The first-order valence-electron chi connectivity index (χ1n) is 10.5. The SMILES string of the molecule is CC1CC(NC(=O)OC(C)(C)C)CC(C)N1C(=O)CC(Cc1ccccc1)C(=O)O. The van der Waals surface area contributed by atoms with E-state index in [9.17, 15) is 19.5 Å². The third kappa shape index (κ3) is 7.04. The van der Waals surface area contributed by atoms with E-state index < -0.39 is 23.6 Å². The maximum absolute atomic E-state index is 13.0. The number of carboxylic acids is 1. The second-order valence-electron chi connectivity index (χ2n) is 9.24. The number of hydrogen-bond acceptors (Lipinski definition) is 4. The van der Waals surface area contributed by atoms with E-state index in [1.165, 1.54) is 0 Å². The fourth-order valence-electron chi connectivity index (χ4n) is 4.13. The first-order valence-corrected chi connectivity index (χ1v) is 10.5. The van der Waals surface area contributed by atoms with Crippen LogP contribution in [0.1, 0.15) is 59.4 Å². The molecule has 0 aromatic heterocycles. The third-order valence-corrected chi connectivity index (χ3v) is 5.31. The van der Waals surface area contributed by atoms with E-state index in [0.717, 1.165) is 5.56 Å². The van der Waals surface area contributed by atoms with Crippen LogP contribution in [0.3, 0.4) is 0 Å². The van der Waals surface area contributed by atoms with E-state index in [-0.39, 0.29) is 30.5 Å². The lowest BCUT2D eigenvalue weighted by atomic mass is 9.90. The summed E-state index contributed by atoms with van der Waals surface area (Å²) in [5.74, 6) is -1.89. The average molecular weight is 419 g/mol. The minimum absolute atomic E-state index is 0.0386. The lowest BCUT2D eigenvalue weighted by Gasteiger charge is -2.43. The van der Waals surface area contributed by atoms with Gasteiger partial charge < -0.3 is 20.1 Å². The zero-order chi connectivity index (χ0) is 22.5. The monoisotopic (exact) mass is 418 g/mol. The van der Waals surface area contributed by atoms with Crippen LogP contribution in [-0.2, 0) is 20.7 Å². The molecular weight excluding hydrogens is 384 g/mol. The van der Waals surface area contributed by atoms with Gasteiger partial charge in [-0.25, -0.2) is 4.79 Å². The third-order valence-electron chi connectivity index (χ3n) is 5.31. The second kappa shape index (κ2) is 9.96.